The summed E-state index contributed by atoms with van der Waals surface area (Å²) in [6.45, 7) is 4.92. The van der Waals surface area contributed by atoms with Crippen molar-refractivity contribution in [2.45, 2.75) is 39.3 Å². The summed E-state index contributed by atoms with van der Waals surface area (Å²) in [6, 6.07) is 0. The van der Waals surface area contributed by atoms with Crippen molar-refractivity contribution in [3.8, 4) is 0 Å². The van der Waals surface area contributed by atoms with E-state index in [0.29, 0.717) is 13.1 Å². The third kappa shape index (κ3) is 3.39. The molecule has 15 heavy (non-hydrogen) atoms. The lowest BCUT2D eigenvalue weighted by Crippen LogP contribution is -2.33. The number of nitrogens with zero attached hydrogens (tertiary/aromatic N) is 1. The minimum atomic E-state index is -4.39. The van der Waals surface area contributed by atoms with Crippen LogP contribution in [0, 0.1) is 5.41 Å². The molecule has 1 aliphatic heterocycles. The molecule has 0 spiro atoms. The number of hydrogen-bond donors (Lipinski definition) is 0. The van der Waals surface area contributed by atoms with E-state index in [1.165, 1.54) is 4.90 Å². The van der Waals surface area contributed by atoms with Gasteiger partial charge in [0.1, 0.15) is 6.42 Å². The van der Waals surface area contributed by atoms with E-state index in [-0.39, 0.29) is 5.41 Å². The molecule has 88 valence electrons. The lowest BCUT2D eigenvalue weighted by Gasteiger charge is -2.23. The van der Waals surface area contributed by atoms with Crippen molar-refractivity contribution in [2.75, 3.05) is 13.1 Å². The van der Waals surface area contributed by atoms with E-state index in [1.54, 1.807) is 0 Å². The summed E-state index contributed by atoms with van der Waals surface area (Å²) in [5.74, 6) is -0.792. The van der Waals surface area contributed by atoms with Gasteiger partial charge < -0.3 is 4.90 Å². The van der Waals surface area contributed by atoms with Crippen molar-refractivity contribution in [1.82, 2.24) is 4.90 Å². The largest absolute Gasteiger partial charge is 0.397 e. The van der Waals surface area contributed by atoms with Gasteiger partial charge in [-0.25, -0.2) is 0 Å². The number of carbonyl (C=O) groups excluding carboxylic acids is 1. The minimum Gasteiger partial charge on any atom is -0.342 e. The van der Waals surface area contributed by atoms with Gasteiger partial charge in [0.25, 0.3) is 0 Å². The third-order valence-corrected chi connectivity index (χ3v) is 3.12. The zero-order valence-electron chi connectivity index (χ0n) is 9.02. The van der Waals surface area contributed by atoms with Crippen LogP contribution in [0.4, 0.5) is 13.2 Å². The normalized spacial score (nSPS) is 27.1. The topological polar surface area (TPSA) is 20.3 Å². The standard InChI is InChI=1S/C10H16F3NO/c1-3-9(2)4-5-14(7-9)8(15)6-10(11,12)13/h3-7H2,1-2H3/t9-/m0/s1. The summed E-state index contributed by atoms with van der Waals surface area (Å²) in [4.78, 5) is 12.6. The first-order valence-corrected chi connectivity index (χ1v) is 5.10. The van der Waals surface area contributed by atoms with Crippen LogP contribution < -0.4 is 0 Å². The number of alkyl halides is 3. The number of hydrogen-bond acceptors (Lipinski definition) is 1. The molecule has 1 amide bonds. The van der Waals surface area contributed by atoms with Gasteiger partial charge in [0.15, 0.2) is 0 Å². The molecule has 1 atom stereocenters. The van der Waals surface area contributed by atoms with E-state index < -0.39 is 18.5 Å². The molecule has 0 aliphatic carbocycles. The van der Waals surface area contributed by atoms with Crippen molar-refractivity contribution < 1.29 is 18.0 Å². The maximum atomic E-state index is 12.0. The smallest absolute Gasteiger partial charge is 0.342 e. The predicted octanol–water partition coefficient (Wildman–Crippen LogP) is 2.59. The Morgan fingerprint density at radius 2 is 2.07 bits per heavy atom. The average molecular weight is 223 g/mol. The summed E-state index contributed by atoms with van der Waals surface area (Å²) in [5.41, 5.74) is 0.00125. The fourth-order valence-corrected chi connectivity index (χ4v) is 1.81. The molecule has 1 aliphatic rings. The quantitative estimate of drug-likeness (QED) is 0.704. The first kappa shape index (κ1) is 12.3. The number of rotatable bonds is 2. The fraction of sp³-hybridized carbons (Fsp3) is 0.900. The molecule has 1 heterocycles. The van der Waals surface area contributed by atoms with Crippen LogP contribution in [0.5, 0.6) is 0 Å². The molecule has 0 aromatic heterocycles. The highest BCUT2D eigenvalue weighted by Crippen LogP contribution is 2.34. The Morgan fingerprint density at radius 3 is 2.47 bits per heavy atom. The molecule has 0 unspecified atom stereocenters. The minimum absolute atomic E-state index is 0.00125. The lowest BCUT2D eigenvalue weighted by molar-refractivity contribution is -0.160. The van der Waals surface area contributed by atoms with Gasteiger partial charge in [-0.05, 0) is 18.3 Å². The van der Waals surface area contributed by atoms with Crippen molar-refractivity contribution in [3.05, 3.63) is 0 Å². The Labute approximate surface area is 87.4 Å². The van der Waals surface area contributed by atoms with Crippen LogP contribution in [-0.4, -0.2) is 30.1 Å². The average Bonchev–Trinajstić information content (AvgIpc) is 2.46. The van der Waals surface area contributed by atoms with E-state index in [1.807, 2.05) is 13.8 Å². The molecule has 1 fully saturated rings. The highest BCUT2D eigenvalue weighted by atomic mass is 19.4. The molecule has 5 heteroatoms. The Bertz CT molecular complexity index is 252. The van der Waals surface area contributed by atoms with Crippen LogP contribution >= 0.6 is 0 Å². The Balaban J connectivity index is 2.51. The number of halogens is 3. The number of likely N-dealkylation sites (tertiary alicyclic amines) is 1. The zero-order valence-corrected chi connectivity index (χ0v) is 9.02. The van der Waals surface area contributed by atoms with Crippen molar-refractivity contribution in [2.24, 2.45) is 5.41 Å². The van der Waals surface area contributed by atoms with Gasteiger partial charge in [-0.15, -0.1) is 0 Å². The molecule has 0 aromatic rings. The monoisotopic (exact) mass is 223 g/mol. The molecule has 0 bridgehead atoms. The predicted molar refractivity (Wildman–Crippen MR) is 50.3 cm³/mol. The first-order valence-electron chi connectivity index (χ1n) is 5.10. The maximum absolute atomic E-state index is 12.0. The van der Waals surface area contributed by atoms with Gasteiger partial charge in [-0.3, -0.25) is 4.79 Å². The summed E-state index contributed by atoms with van der Waals surface area (Å²) < 4.78 is 36.0. The van der Waals surface area contributed by atoms with Crippen LogP contribution in [-0.2, 0) is 4.79 Å². The second kappa shape index (κ2) is 4.02. The van der Waals surface area contributed by atoms with Gasteiger partial charge in [-0.1, -0.05) is 13.8 Å². The molecule has 0 N–H and O–H groups in total. The second-order valence-corrected chi connectivity index (χ2v) is 4.52. The van der Waals surface area contributed by atoms with Crippen LogP contribution in [0.1, 0.15) is 33.1 Å². The van der Waals surface area contributed by atoms with Gasteiger partial charge in [-0.2, -0.15) is 13.2 Å². The number of amides is 1. The van der Waals surface area contributed by atoms with Gasteiger partial charge in [0.05, 0.1) is 0 Å². The van der Waals surface area contributed by atoms with E-state index in [4.69, 9.17) is 0 Å². The second-order valence-electron chi connectivity index (χ2n) is 4.52. The molecule has 2 nitrogen and oxygen atoms in total. The van der Waals surface area contributed by atoms with Crippen molar-refractivity contribution in [3.63, 3.8) is 0 Å². The zero-order chi connectivity index (χ0) is 11.7. The first-order chi connectivity index (χ1) is 6.76. The molecular formula is C10H16F3NO. The van der Waals surface area contributed by atoms with Crippen LogP contribution in [0.15, 0.2) is 0 Å². The SMILES string of the molecule is CC[C@@]1(C)CCN(C(=O)CC(F)(F)F)C1. The van der Waals surface area contributed by atoms with Gasteiger partial charge in [0.2, 0.25) is 5.91 Å². The molecule has 0 saturated carbocycles. The lowest BCUT2D eigenvalue weighted by atomic mass is 9.87. The van der Waals surface area contributed by atoms with Crippen molar-refractivity contribution >= 4 is 5.91 Å². The molecule has 1 saturated heterocycles. The third-order valence-electron chi connectivity index (χ3n) is 3.12. The van der Waals surface area contributed by atoms with Crippen LogP contribution in [0.3, 0.4) is 0 Å². The highest BCUT2D eigenvalue weighted by molar-refractivity contribution is 5.77. The summed E-state index contributed by atoms with van der Waals surface area (Å²) in [5, 5.41) is 0. The molecule has 0 aromatic carbocycles. The summed E-state index contributed by atoms with van der Waals surface area (Å²) in [7, 11) is 0. The maximum Gasteiger partial charge on any atom is 0.397 e. The summed E-state index contributed by atoms with van der Waals surface area (Å²) in [6.07, 6.45) is -4.02. The van der Waals surface area contributed by atoms with E-state index in [0.717, 1.165) is 12.8 Å². The fourth-order valence-electron chi connectivity index (χ4n) is 1.81. The van der Waals surface area contributed by atoms with Crippen LogP contribution in [0.25, 0.3) is 0 Å². The highest BCUT2D eigenvalue weighted by Gasteiger charge is 2.39. The van der Waals surface area contributed by atoms with Crippen molar-refractivity contribution in [1.29, 1.82) is 0 Å². The molecule has 0 radical (unpaired) electrons. The van der Waals surface area contributed by atoms with Crippen LogP contribution in [0.2, 0.25) is 0 Å². The van der Waals surface area contributed by atoms with E-state index in [9.17, 15) is 18.0 Å². The van der Waals surface area contributed by atoms with E-state index >= 15 is 0 Å². The van der Waals surface area contributed by atoms with E-state index in [2.05, 4.69) is 0 Å². The number of carbonyl (C=O) groups is 1. The molecule has 1 rings (SSSR count). The Hall–Kier alpha value is -0.740. The Morgan fingerprint density at radius 1 is 1.47 bits per heavy atom. The Kier molecular flexibility index (Phi) is 3.31. The van der Waals surface area contributed by atoms with Gasteiger partial charge in [0, 0.05) is 13.1 Å². The van der Waals surface area contributed by atoms with Gasteiger partial charge >= 0.3 is 6.18 Å². The molecular weight excluding hydrogens is 207 g/mol. The summed E-state index contributed by atoms with van der Waals surface area (Å²) >= 11 is 0.